The van der Waals surface area contributed by atoms with Gasteiger partial charge < -0.3 is 15.6 Å². The van der Waals surface area contributed by atoms with Gasteiger partial charge in [-0.1, -0.05) is 18.2 Å². The van der Waals surface area contributed by atoms with Crippen molar-refractivity contribution in [2.45, 2.75) is 25.3 Å². The Bertz CT molecular complexity index is 935. The number of carbonyl (C=O) groups is 1. The van der Waals surface area contributed by atoms with Gasteiger partial charge in [0.15, 0.2) is 6.19 Å². The third kappa shape index (κ3) is 5.64. The van der Waals surface area contributed by atoms with Crippen molar-refractivity contribution in [3.63, 3.8) is 0 Å². The minimum absolute atomic E-state index is 0.0255. The molecule has 0 radical (unpaired) electrons. The van der Waals surface area contributed by atoms with Crippen molar-refractivity contribution in [3.8, 4) is 6.19 Å². The van der Waals surface area contributed by atoms with Crippen LogP contribution in [0.3, 0.4) is 0 Å². The van der Waals surface area contributed by atoms with E-state index in [1.54, 1.807) is 16.2 Å². The largest absolute Gasteiger partial charge is 0.355 e. The summed E-state index contributed by atoms with van der Waals surface area (Å²) in [6.07, 6.45) is 3.84. The highest BCUT2D eigenvalue weighted by molar-refractivity contribution is 7.09. The van der Waals surface area contributed by atoms with Gasteiger partial charge in [-0.25, -0.2) is 9.38 Å². The van der Waals surface area contributed by atoms with Crippen molar-refractivity contribution in [1.29, 1.82) is 10.7 Å². The third-order valence-electron chi connectivity index (χ3n) is 4.82. The Morgan fingerprint density at radius 2 is 2.17 bits per heavy atom. The molecule has 1 unspecified atom stereocenters. The van der Waals surface area contributed by atoms with Crippen LogP contribution < -0.4 is 10.6 Å². The van der Waals surface area contributed by atoms with Gasteiger partial charge in [-0.05, 0) is 42.0 Å². The summed E-state index contributed by atoms with van der Waals surface area (Å²) in [6.45, 7) is 1.27. The maximum absolute atomic E-state index is 13.3. The lowest BCUT2D eigenvalue weighted by molar-refractivity contribution is -0.128. The van der Waals surface area contributed by atoms with Crippen LogP contribution in [0.15, 0.2) is 46.8 Å². The number of hydrogen-bond acceptors (Lipinski definition) is 5. The fourth-order valence-electron chi connectivity index (χ4n) is 3.30. The number of halogens is 1. The van der Waals surface area contributed by atoms with Crippen molar-refractivity contribution in [1.82, 2.24) is 15.5 Å². The molecular formula is C21H23FN6OS. The van der Waals surface area contributed by atoms with E-state index in [0.717, 1.165) is 12.8 Å². The monoisotopic (exact) mass is 426 g/mol. The summed E-state index contributed by atoms with van der Waals surface area (Å²) in [7, 11) is 0. The van der Waals surface area contributed by atoms with Crippen molar-refractivity contribution in [2.24, 2.45) is 4.99 Å². The first-order valence-corrected chi connectivity index (χ1v) is 10.6. The smallest absolute Gasteiger partial charge is 0.223 e. The highest BCUT2D eigenvalue weighted by atomic mass is 32.1. The maximum Gasteiger partial charge on any atom is 0.223 e. The molecule has 3 N–H and O–H groups in total. The minimum atomic E-state index is -0.583. The number of nitrogens with one attached hydrogen (secondary N) is 3. The summed E-state index contributed by atoms with van der Waals surface area (Å²) >= 11 is 1.66. The lowest BCUT2D eigenvalue weighted by atomic mass is 10.0. The predicted molar refractivity (Wildman–Crippen MR) is 115 cm³/mol. The minimum Gasteiger partial charge on any atom is -0.355 e. The molecule has 1 amide bonds. The second-order valence-electron chi connectivity index (χ2n) is 6.81. The third-order valence-corrected chi connectivity index (χ3v) is 5.75. The van der Waals surface area contributed by atoms with E-state index in [1.165, 1.54) is 29.1 Å². The van der Waals surface area contributed by atoms with Crippen LogP contribution in [0.1, 0.15) is 23.3 Å². The molecule has 0 spiro atoms. The Morgan fingerprint density at radius 1 is 1.37 bits per heavy atom. The van der Waals surface area contributed by atoms with Gasteiger partial charge in [0.1, 0.15) is 5.82 Å². The summed E-state index contributed by atoms with van der Waals surface area (Å²) in [5, 5.41) is 25.3. The molecule has 1 aliphatic heterocycles. The Hall–Kier alpha value is -3.25. The van der Waals surface area contributed by atoms with Gasteiger partial charge in [0.05, 0.1) is 18.3 Å². The fourth-order valence-corrected chi connectivity index (χ4v) is 4.00. The number of hydrogen-bond donors (Lipinski definition) is 3. The molecule has 1 aliphatic rings. The first kappa shape index (κ1) is 21.5. The summed E-state index contributed by atoms with van der Waals surface area (Å²) in [4.78, 5) is 19.6. The fraction of sp³-hybridized carbons (Fsp3) is 0.333. The highest BCUT2D eigenvalue weighted by Crippen LogP contribution is 2.18. The Morgan fingerprint density at radius 3 is 2.80 bits per heavy atom. The number of thiophene rings is 1. The molecule has 0 bridgehead atoms. The molecule has 0 aliphatic carbocycles. The molecular weight excluding hydrogens is 403 g/mol. The number of nitrogens with zero attached hydrogens (tertiary/aromatic N) is 3. The zero-order valence-corrected chi connectivity index (χ0v) is 17.2. The van der Waals surface area contributed by atoms with Crippen LogP contribution in [0, 0.1) is 22.7 Å². The molecule has 156 valence electrons. The molecule has 1 atom stereocenters. The van der Waals surface area contributed by atoms with Gasteiger partial charge in [0.25, 0.3) is 0 Å². The topological polar surface area (TPSA) is 104 Å². The second kappa shape index (κ2) is 10.5. The molecule has 2 heterocycles. The van der Waals surface area contributed by atoms with Crippen LogP contribution in [0.2, 0.25) is 0 Å². The van der Waals surface area contributed by atoms with Gasteiger partial charge >= 0.3 is 0 Å². The van der Waals surface area contributed by atoms with Crippen LogP contribution in [-0.4, -0.2) is 48.2 Å². The number of nitriles is 1. The van der Waals surface area contributed by atoms with Crippen molar-refractivity contribution in [3.05, 3.63) is 58.0 Å². The quantitative estimate of drug-likeness (QED) is 0.261. The molecule has 7 nitrogen and oxygen atoms in total. The van der Waals surface area contributed by atoms with Gasteiger partial charge in [-0.2, -0.15) is 5.26 Å². The van der Waals surface area contributed by atoms with Crippen LogP contribution in [-0.2, 0) is 11.2 Å². The standard InChI is InChI=1S/C21H23FN6OS/c22-16-7-5-15(6-8-16)20(24)18(28-11-1-4-19(28)29)13-26-21(27-14-23)25-10-9-17-3-2-12-30-17/h2-3,5-8,12,18,24H,1,4,9-11,13H2,(H2,25,26,27). The molecule has 1 aromatic carbocycles. The number of carbonyl (C=O) groups excluding carboxylic acids is 1. The normalized spacial score (nSPS) is 15.0. The van der Waals surface area contributed by atoms with E-state index in [-0.39, 0.29) is 24.0 Å². The zero-order chi connectivity index (χ0) is 21.3. The molecule has 1 saturated heterocycles. The van der Waals surface area contributed by atoms with Crippen LogP contribution in [0.25, 0.3) is 0 Å². The lowest BCUT2D eigenvalue weighted by Gasteiger charge is -2.27. The van der Waals surface area contributed by atoms with Crippen molar-refractivity contribution in [2.75, 3.05) is 19.6 Å². The summed E-state index contributed by atoms with van der Waals surface area (Å²) < 4.78 is 13.3. The molecule has 3 rings (SSSR count). The van der Waals surface area contributed by atoms with Gasteiger partial charge in [0, 0.05) is 24.4 Å². The molecule has 30 heavy (non-hydrogen) atoms. The number of amides is 1. The van der Waals surface area contributed by atoms with E-state index >= 15 is 0 Å². The molecule has 2 aromatic rings. The van der Waals surface area contributed by atoms with E-state index in [0.29, 0.717) is 31.0 Å². The Balaban J connectivity index is 1.72. The zero-order valence-electron chi connectivity index (χ0n) is 16.4. The number of rotatable bonds is 8. The van der Waals surface area contributed by atoms with Gasteiger partial charge in [-0.3, -0.25) is 10.1 Å². The molecule has 1 fully saturated rings. The number of likely N-dealkylation sites (tertiary alicyclic amines) is 1. The Labute approximate surface area is 178 Å². The summed E-state index contributed by atoms with van der Waals surface area (Å²) in [5.41, 5.74) is 0.737. The number of aliphatic imine (C=N–C) groups is 1. The van der Waals surface area contributed by atoms with Crippen molar-refractivity contribution >= 4 is 28.9 Å². The average Bonchev–Trinajstić information content (AvgIpc) is 3.40. The van der Waals surface area contributed by atoms with Crippen LogP contribution in [0.5, 0.6) is 0 Å². The molecule has 9 heteroatoms. The van der Waals surface area contributed by atoms with Crippen LogP contribution in [0.4, 0.5) is 4.39 Å². The van der Waals surface area contributed by atoms with Gasteiger partial charge in [0.2, 0.25) is 11.9 Å². The van der Waals surface area contributed by atoms with E-state index in [2.05, 4.69) is 15.6 Å². The van der Waals surface area contributed by atoms with E-state index in [4.69, 9.17) is 10.7 Å². The first-order valence-electron chi connectivity index (χ1n) is 9.68. The van der Waals surface area contributed by atoms with Gasteiger partial charge in [-0.15, -0.1) is 11.3 Å². The SMILES string of the molecule is N#CNC(=NCC(C(=N)c1ccc(F)cc1)N1CCCC1=O)NCCc1cccs1. The second-order valence-corrected chi connectivity index (χ2v) is 7.84. The van der Waals surface area contributed by atoms with E-state index in [1.807, 2.05) is 23.7 Å². The highest BCUT2D eigenvalue weighted by Gasteiger charge is 2.31. The average molecular weight is 427 g/mol. The number of guanidine groups is 1. The summed E-state index contributed by atoms with van der Waals surface area (Å²) in [5.74, 6) is -0.103. The first-order chi connectivity index (χ1) is 14.6. The van der Waals surface area contributed by atoms with Crippen LogP contribution >= 0.6 is 11.3 Å². The summed E-state index contributed by atoms with van der Waals surface area (Å²) in [6, 6.07) is 9.10. The lowest BCUT2D eigenvalue weighted by Crippen LogP contribution is -2.45. The van der Waals surface area contributed by atoms with E-state index < -0.39 is 6.04 Å². The molecule has 0 saturated carbocycles. The Kier molecular flexibility index (Phi) is 7.51. The van der Waals surface area contributed by atoms with Crippen molar-refractivity contribution < 1.29 is 9.18 Å². The van der Waals surface area contributed by atoms with E-state index in [9.17, 15) is 9.18 Å². The predicted octanol–water partition coefficient (Wildman–Crippen LogP) is 2.51. The maximum atomic E-state index is 13.3. The number of benzene rings is 1. The molecule has 1 aromatic heterocycles.